The standard InChI is InChI=1S/C6H10N2O3/c9-6(10)8-1-4-3-11-7-5(4)2-8/h4-5,7H,1-3H2,(H,9,10). The first-order valence-corrected chi connectivity index (χ1v) is 3.62. The van der Waals surface area contributed by atoms with Crippen molar-refractivity contribution in [2.45, 2.75) is 6.04 Å². The molecule has 2 unspecified atom stereocenters. The molecule has 0 saturated carbocycles. The van der Waals surface area contributed by atoms with Crippen molar-refractivity contribution in [2.75, 3.05) is 19.7 Å². The summed E-state index contributed by atoms with van der Waals surface area (Å²) in [5.74, 6) is 0.353. The second kappa shape index (κ2) is 2.35. The number of nitrogens with one attached hydrogen (secondary N) is 1. The van der Waals surface area contributed by atoms with Crippen molar-refractivity contribution >= 4 is 6.09 Å². The lowest BCUT2D eigenvalue weighted by Gasteiger charge is -2.11. The predicted octanol–water partition coefficient (Wildman–Crippen LogP) is -0.500. The third-order valence-corrected chi connectivity index (χ3v) is 2.24. The van der Waals surface area contributed by atoms with Crippen molar-refractivity contribution in [2.24, 2.45) is 5.92 Å². The minimum absolute atomic E-state index is 0.214. The van der Waals surface area contributed by atoms with E-state index in [0.29, 0.717) is 25.6 Å². The van der Waals surface area contributed by atoms with Crippen LogP contribution in [0, 0.1) is 5.92 Å². The molecule has 0 aromatic heterocycles. The summed E-state index contributed by atoms with van der Waals surface area (Å²) in [7, 11) is 0. The van der Waals surface area contributed by atoms with E-state index in [-0.39, 0.29) is 6.04 Å². The average Bonchev–Trinajstić information content (AvgIpc) is 2.40. The van der Waals surface area contributed by atoms with Crippen molar-refractivity contribution in [3.63, 3.8) is 0 Å². The molecule has 0 aliphatic carbocycles. The Bertz CT molecular complexity index is 173. The molecule has 0 radical (unpaired) electrons. The summed E-state index contributed by atoms with van der Waals surface area (Å²) in [4.78, 5) is 16.9. The number of nitrogens with zero attached hydrogens (tertiary/aromatic N) is 1. The minimum atomic E-state index is -0.832. The Kier molecular flexibility index (Phi) is 1.47. The number of carbonyl (C=O) groups is 1. The van der Waals surface area contributed by atoms with E-state index in [4.69, 9.17) is 9.94 Å². The molecule has 2 saturated heterocycles. The number of amides is 1. The number of fused-ring (bicyclic) bond motifs is 1. The summed E-state index contributed by atoms with van der Waals surface area (Å²) >= 11 is 0. The zero-order valence-electron chi connectivity index (χ0n) is 5.99. The highest BCUT2D eigenvalue weighted by Crippen LogP contribution is 2.21. The van der Waals surface area contributed by atoms with Gasteiger partial charge in [0.25, 0.3) is 0 Å². The lowest BCUT2D eigenvalue weighted by Crippen LogP contribution is -2.32. The van der Waals surface area contributed by atoms with Gasteiger partial charge >= 0.3 is 6.09 Å². The van der Waals surface area contributed by atoms with Gasteiger partial charge in [-0.1, -0.05) is 0 Å². The third-order valence-electron chi connectivity index (χ3n) is 2.24. The second-order valence-corrected chi connectivity index (χ2v) is 2.98. The molecule has 2 N–H and O–H groups in total. The molecule has 2 rings (SSSR count). The summed E-state index contributed by atoms with van der Waals surface area (Å²) in [6, 6.07) is 0.214. The third kappa shape index (κ3) is 1.06. The van der Waals surface area contributed by atoms with Crippen LogP contribution in [0.2, 0.25) is 0 Å². The van der Waals surface area contributed by atoms with Gasteiger partial charge in [-0.3, -0.25) is 0 Å². The number of hydroxylamine groups is 1. The van der Waals surface area contributed by atoms with Crippen LogP contribution in [-0.4, -0.2) is 41.8 Å². The van der Waals surface area contributed by atoms with E-state index in [1.807, 2.05) is 0 Å². The second-order valence-electron chi connectivity index (χ2n) is 2.98. The summed E-state index contributed by atoms with van der Waals surface area (Å²) in [5, 5.41) is 8.63. The quantitative estimate of drug-likeness (QED) is 0.499. The zero-order valence-corrected chi connectivity index (χ0v) is 5.99. The number of likely N-dealkylation sites (tertiary alicyclic amines) is 1. The molecule has 2 heterocycles. The van der Waals surface area contributed by atoms with E-state index in [0.717, 1.165) is 0 Å². The van der Waals surface area contributed by atoms with Crippen LogP contribution in [-0.2, 0) is 4.84 Å². The normalized spacial score (nSPS) is 35.8. The Balaban J connectivity index is 1.99. The molecule has 5 nitrogen and oxygen atoms in total. The summed E-state index contributed by atoms with van der Waals surface area (Å²) in [6.45, 7) is 1.79. The van der Waals surface area contributed by atoms with Gasteiger partial charge in [-0.2, -0.15) is 5.48 Å². The molecule has 0 aromatic carbocycles. The fraction of sp³-hybridized carbons (Fsp3) is 0.833. The molecular formula is C6H10N2O3. The molecule has 2 aliphatic heterocycles. The van der Waals surface area contributed by atoms with Gasteiger partial charge in [0.05, 0.1) is 12.6 Å². The maximum atomic E-state index is 10.5. The van der Waals surface area contributed by atoms with E-state index in [9.17, 15) is 4.79 Å². The molecule has 0 bridgehead atoms. The lowest BCUT2D eigenvalue weighted by atomic mass is 10.1. The van der Waals surface area contributed by atoms with Crippen LogP contribution >= 0.6 is 0 Å². The van der Waals surface area contributed by atoms with Crippen LogP contribution in [0.5, 0.6) is 0 Å². The molecule has 2 fully saturated rings. The summed E-state index contributed by atoms with van der Waals surface area (Å²) in [6.07, 6.45) is -0.832. The lowest BCUT2D eigenvalue weighted by molar-refractivity contribution is 0.0707. The number of rotatable bonds is 0. The molecule has 1 amide bonds. The molecule has 0 aromatic rings. The average molecular weight is 158 g/mol. The maximum absolute atomic E-state index is 10.5. The first-order chi connectivity index (χ1) is 5.27. The number of carboxylic acid groups (broad SMARTS) is 1. The fourth-order valence-corrected chi connectivity index (χ4v) is 1.59. The van der Waals surface area contributed by atoms with Gasteiger partial charge in [-0.25, -0.2) is 4.79 Å². The van der Waals surface area contributed by atoms with E-state index >= 15 is 0 Å². The van der Waals surface area contributed by atoms with Crippen LogP contribution in [0.3, 0.4) is 0 Å². The van der Waals surface area contributed by atoms with Gasteiger partial charge in [-0.15, -0.1) is 0 Å². The fourth-order valence-electron chi connectivity index (χ4n) is 1.59. The zero-order chi connectivity index (χ0) is 7.84. The van der Waals surface area contributed by atoms with Crippen molar-refractivity contribution in [1.82, 2.24) is 10.4 Å². The minimum Gasteiger partial charge on any atom is -0.465 e. The molecule has 2 aliphatic rings. The SMILES string of the molecule is O=C(O)N1CC2CONC2C1. The van der Waals surface area contributed by atoms with Crippen molar-refractivity contribution in [1.29, 1.82) is 0 Å². The van der Waals surface area contributed by atoms with Crippen molar-refractivity contribution in [3.05, 3.63) is 0 Å². The largest absolute Gasteiger partial charge is 0.465 e. The molecule has 0 spiro atoms. The van der Waals surface area contributed by atoms with Crippen LogP contribution in [0.1, 0.15) is 0 Å². The van der Waals surface area contributed by atoms with Gasteiger partial charge in [0.15, 0.2) is 0 Å². The molecule has 11 heavy (non-hydrogen) atoms. The predicted molar refractivity (Wildman–Crippen MR) is 36.0 cm³/mol. The van der Waals surface area contributed by atoms with Crippen LogP contribution in [0.15, 0.2) is 0 Å². The Morgan fingerprint density at radius 2 is 2.45 bits per heavy atom. The van der Waals surface area contributed by atoms with Crippen LogP contribution in [0.4, 0.5) is 4.79 Å². The summed E-state index contributed by atoms with van der Waals surface area (Å²) in [5.41, 5.74) is 2.80. The van der Waals surface area contributed by atoms with E-state index < -0.39 is 6.09 Å². The first kappa shape index (κ1) is 6.87. The highest BCUT2D eigenvalue weighted by atomic mass is 16.7. The van der Waals surface area contributed by atoms with Crippen molar-refractivity contribution in [3.8, 4) is 0 Å². The van der Waals surface area contributed by atoms with Gasteiger partial charge < -0.3 is 14.8 Å². The van der Waals surface area contributed by atoms with Gasteiger partial charge in [0, 0.05) is 19.0 Å². The van der Waals surface area contributed by atoms with Gasteiger partial charge in [-0.05, 0) is 0 Å². The maximum Gasteiger partial charge on any atom is 0.407 e. The molecule has 5 heteroatoms. The Labute approximate surface area is 63.9 Å². The Morgan fingerprint density at radius 3 is 3.09 bits per heavy atom. The first-order valence-electron chi connectivity index (χ1n) is 3.62. The Morgan fingerprint density at radius 1 is 1.64 bits per heavy atom. The van der Waals surface area contributed by atoms with Crippen molar-refractivity contribution < 1.29 is 14.7 Å². The van der Waals surface area contributed by atoms with Crippen LogP contribution < -0.4 is 5.48 Å². The smallest absolute Gasteiger partial charge is 0.407 e. The monoisotopic (exact) mass is 158 g/mol. The van der Waals surface area contributed by atoms with E-state index in [2.05, 4.69) is 5.48 Å². The molecular weight excluding hydrogens is 148 g/mol. The highest BCUT2D eigenvalue weighted by Gasteiger charge is 2.39. The highest BCUT2D eigenvalue weighted by molar-refractivity contribution is 5.65. The number of hydrogen-bond acceptors (Lipinski definition) is 3. The van der Waals surface area contributed by atoms with Gasteiger partial charge in [0.1, 0.15) is 0 Å². The molecule has 2 atom stereocenters. The Hall–Kier alpha value is -0.810. The van der Waals surface area contributed by atoms with Crippen LogP contribution in [0.25, 0.3) is 0 Å². The van der Waals surface area contributed by atoms with Gasteiger partial charge in [0.2, 0.25) is 0 Å². The van der Waals surface area contributed by atoms with E-state index in [1.54, 1.807) is 0 Å². The molecule has 62 valence electrons. The van der Waals surface area contributed by atoms with E-state index in [1.165, 1.54) is 4.90 Å². The topological polar surface area (TPSA) is 61.8 Å². The summed E-state index contributed by atoms with van der Waals surface area (Å²) < 4.78 is 0. The number of hydrogen-bond donors (Lipinski definition) is 2.